The summed E-state index contributed by atoms with van der Waals surface area (Å²) >= 11 is 0. The first kappa shape index (κ1) is 11.8. The highest BCUT2D eigenvalue weighted by Crippen LogP contribution is 2.15. The Hall–Kier alpha value is -1.27. The fraction of sp³-hybridized carbons (Fsp3) is 0.200. The monoisotopic (exact) mass is 225 g/mol. The lowest BCUT2D eigenvalue weighted by Crippen LogP contribution is -1.96. The van der Waals surface area contributed by atoms with E-state index in [0.29, 0.717) is 12.2 Å². The lowest BCUT2D eigenvalue weighted by atomic mass is 10.1. The molecule has 0 saturated carbocycles. The molecular formula is C10H9FNO2P. The average Bonchev–Trinajstić information content (AvgIpc) is 2.18. The van der Waals surface area contributed by atoms with Gasteiger partial charge in [-0.2, -0.15) is 9.79 Å². The van der Waals surface area contributed by atoms with Gasteiger partial charge in [-0.25, -0.2) is 4.39 Å². The third-order valence-electron chi connectivity index (χ3n) is 1.62. The van der Waals surface area contributed by atoms with E-state index in [1.165, 1.54) is 17.9 Å². The molecule has 0 N–H and O–H groups in total. The Bertz CT molecular complexity index is 426. The zero-order valence-electron chi connectivity index (χ0n) is 8.11. The number of hydrogen-bond donors (Lipinski definition) is 0. The number of nitriles is 1. The van der Waals surface area contributed by atoms with Gasteiger partial charge in [-0.05, 0) is 25.1 Å². The predicted octanol–water partition coefficient (Wildman–Crippen LogP) is 1.56. The first-order valence-corrected chi connectivity index (χ1v) is 5.56. The van der Waals surface area contributed by atoms with Crippen LogP contribution in [-0.4, -0.2) is 12.4 Å². The Morgan fingerprint density at radius 1 is 1.67 bits per heavy atom. The molecular weight excluding hydrogens is 216 g/mol. The molecule has 0 heterocycles. The van der Waals surface area contributed by atoms with E-state index >= 15 is 0 Å². The number of nitrogens with zero attached hydrogens (tertiary/aromatic N) is 1. The summed E-state index contributed by atoms with van der Waals surface area (Å²) in [7, 11) is -1.91. The molecule has 0 amide bonds. The van der Waals surface area contributed by atoms with Crippen molar-refractivity contribution in [3.8, 4) is 6.07 Å². The summed E-state index contributed by atoms with van der Waals surface area (Å²) in [5.74, 6) is 0.703. The molecule has 1 unspecified atom stereocenters. The molecule has 0 aliphatic heterocycles. The first-order chi connectivity index (χ1) is 7.17. The molecule has 0 radical (unpaired) electrons. The molecule has 0 aliphatic rings. The lowest BCUT2D eigenvalue weighted by molar-refractivity contribution is -0.171. The normalized spacial score (nSPS) is 11.2. The predicted molar refractivity (Wildman–Crippen MR) is 54.8 cm³/mol. The van der Waals surface area contributed by atoms with Gasteiger partial charge < -0.3 is 4.89 Å². The van der Waals surface area contributed by atoms with Crippen LogP contribution in [0.3, 0.4) is 0 Å². The second kappa shape index (κ2) is 5.57. The van der Waals surface area contributed by atoms with Crippen LogP contribution in [0, 0.1) is 17.1 Å². The minimum atomic E-state index is -1.91. The first-order valence-electron chi connectivity index (χ1n) is 4.31. The van der Waals surface area contributed by atoms with Crippen LogP contribution >= 0.6 is 8.00 Å². The average molecular weight is 225 g/mol. The Labute approximate surface area is 88.3 Å². The van der Waals surface area contributed by atoms with Gasteiger partial charge in [0.05, 0.1) is 12.2 Å². The van der Waals surface area contributed by atoms with E-state index in [-0.39, 0.29) is 5.56 Å². The van der Waals surface area contributed by atoms with Crippen molar-refractivity contribution in [1.29, 1.82) is 5.26 Å². The van der Waals surface area contributed by atoms with E-state index in [4.69, 9.17) is 9.79 Å². The second-order valence-corrected chi connectivity index (χ2v) is 3.77. The van der Waals surface area contributed by atoms with E-state index < -0.39 is 13.8 Å². The molecule has 1 rings (SSSR count). The number of rotatable bonds is 3. The minimum Gasteiger partial charge on any atom is -0.603 e. The van der Waals surface area contributed by atoms with Gasteiger partial charge >= 0.3 is 0 Å². The Kier molecular flexibility index (Phi) is 4.38. The fourth-order valence-corrected chi connectivity index (χ4v) is 1.72. The topological polar surface area (TPSA) is 56.1 Å². The van der Waals surface area contributed by atoms with Crippen molar-refractivity contribution in [3.63, 3.8) is 0 Å². The fourth-order valence-electron chi connectivity index (χ4n) is 0.989. The second-order valence-electron chi connectivity index (χ2n) is 2.68. The van der Waals surface area contributed by atoms with Gasteiger partial charge in [-0.3, -0.25) is 0 Å². The summed E-state index contributed by atoms with van der Waals surface area (Å²) < 4.78 is 17.9. The van der Waals surface area contributed by atoms with Crippen molar-refractivity contribution in [1.82, 2.24) is 0 Å². The SMILES string of the molecule is CCO/[P+]([O-])=C/c1ccc(C#N)c(F)c1. The van der Waals surface area contributed by atoms with E-state index in [2.05, 4.69) is 0 Å². The molecule has 0 saturated heterocycles. The van der Waals surface area contributed by atoms with Crippen LogP contribution in [0.15, 0.2) is 18.2 Å². The molecule has 0 spiro atoms. The molecule has 5 heteroatoms. The third-order valence-corrected chi connectivity index (χ3v) is 2.65. The summed E-state index contributed by atoms with van der Waals surface area (Å²) in [6.07, 6.45) is 0. The van der Waals surface area contributed by atoms with Crippen molar-refractivity contribution in [2.45, 2.75) is 6.92 Å². The zero-order valence-corrected chi connectivity index (χ0v) is 9.00. The van der Waals surface area contributed by atoms with Gasteiger partial charge in [-0.1, -0.05) is 0 Å². The molecule has 1 atom stereocenters. The van der Waals surface area contributed by atoms with Crippen LogP contribution in [0.2, 0.25) is 0 Å². The molecule has 1 aromatic carbocycles. The summed E-state index contributed by atoms with van der Waals surface area (Å²) in [6, 6.07) is 5.73. The molecule has 1 aromatic rings. The molecule has 15 heavy (non-hydrogen) atoms. The quantitative estimate of drug-likeness (QED) is 0.733. The summed E-state index contributed by atoms with van der Waals surface area (Å²) in [5.41, 5.74) is 0.417. The molecule has 3 nitrogen and oxygen atoms in total. The highest BCUT2D eigenvalue weighted by molar-refractivity contribution is 7.45. The van der Waals surface area contributed by atoms with Gasteiger partial charge in [-0.15, -0.1) is 0 Å². The largest absolute Gasteiger partial charge is 0.603 e. The van der Waals surface area contributed by atoms with E-state index in [9.17, 15) is 9.28 Å². The van der Waals surface area contributed by atoms with E-state index in [1.807, 2.05) is 0 Å². The Balaban J connectivity index is 2.94. The Morgan fingerprint density at radius 3 is 2.93 bits per heavy atom. The van der Waals surface area contributed by atoms with Crippen LogP contribution in [0.1, 0.15) is 18.1 Å². The van der Waals surface area contributed by atoms with Gasteiger partial charge in [0.2, 0.25) is 8.00 Å². The van der Waals surface area contributed by atoms with E-state index in [0.717, 1.165) is 6.07 Å². The number of benzene rings is 1. The number of halogens is 1. The van der Waals surface area contributed by atoms with Crippen LogP contribution in [0.5, 0.6) is 0 Å². The third kappa shape index (κ3) is 3.41. The minimum absolute atomic E-state index is 0.0289. The maximum atomic E-state index is 13.1. The zero-order chi connectivity index (χ0) is 11.3. The van der Waals surface area contributed by atoms with Crippen molar-refractivity contribution in [2.24, 2.45) is 0 Å². The van der Waals surface area contributed by atoms with Crippen molar-refractivity contribution in [3.05, 3.63) is 35.1 Å². The van der Waals surface area contributed by atoms with Crippen LogP contribution in [0.4, 0.5) is 4.39 Å². The van der Waals surface area contributed by atoms with Crippen molar-refractivity contribution < 1.29 is 13.8 Å². The highest BCUT2D eigenvalue weighted by atomic mass is 31.1. The highest BCUT2D eigenvalue weighted by Gasteiger charge is 2.04. The van der Waals surface area contributed by atoms with Gasteiger partial charge in [0.25, 0.3) is 0 Å². The van der Waals surface area contributed by atoms with E-state index in [1.54, 1.807) is 13.0 Å². The molecule has 0 fully saturated rings. The van der Waals surface area contributed by atoms with Crippen molar-refractivity contribution >= 4 is 13.8 Å². The van der Waals surface area contributed by atoms with Gasteiger partial charge in [0.15, 0.2) is 0 Å². The van der Waals surface area contributed by atoms with Crippen LogP contribution in [0.25, 0.3) is 0 Å². The smallest absolute Gasteiger partial charge is 0.221 e. The number of hydrogen-bond acceptors (Lipinski definition) is 3. The molecule has 0 aromatic heterocycles. The van der Waals surface area contributed by atoms with Gasteiger partial charge in [0.1, 0.15) is 17.7 Å². The molecule has 0 bridgehead atoms. The Morgan fingerprint density at radius 2 is 2.40 bits per heavy atom. The van der Waals surface area contributed by atoms with Gasteiger partial charge in [0, 0.05) is 5.56 Å². The summed E-state index contributed by atoms with van der Waals surface area (Å²) in [5, 5.41) is 8.49. The maximum Gasteiger partial charge on any atom is 0.221 e. The van der Waals surface area contributed by atoms with Crippen molar-refractivity contribution in [2.75, 3.05) is 6.61 Å². The lowest BCUT2D eigenvalue weighted by Gasteiger charge is -1.96. The van der Waals surface area contributed by atoms with Crippen LogP contribution in [-0.2, 0) is 4.52 Å². The standard InChI is InChI=1S/C10H9FNO2P/c1-2-14-15(13)7-8-3-4-9(6-12)10(11)5-8/h3-5,7H,2H2,1H3. The maximum absolute atomic E-state index is 13.1. The summed E-state index contributed by atoms with van der Waals surface area (Å²) in [6.45, 7) is 2.06. The van der Waals surface area contributed by atoms with Crippen LogP contribution < -0.4 is 4.89 Å². The molecule has 0 aliphatic carbocycles. The summed E-state index contributed by atoms with van der Waals surface area (Å²) in [4.78, 5) is 11.2. The molecule has 78 valence electrons.